The molecule has 0 aromatic carbocycles. The Balaban J connectivity index is 2.56. The summed E-state index contributed by atoms with van der Waals surface area (Å²) in [5, 5.41) is 1.38. The molecule has 0 saturated heterocycles. The molecule has 1 aromatic rings. The third kappa shape index (κ3) is 5.01. The molecule has 0 aliphatic rings. The van der Waals surface area contributed by atoms with Crippen molar-refractivity contribution in [1.29, 1.82) is 0 Å². The minimum Gasteiger partial charge on any atom is -0.333 e. The van der Waals surface area contributed by atoms with Crippen LogP contribution in [0.25, 0.3) is 0 Å². The number of aryl methyl sites for hydroxylation is 1. The lowest BCUT2D eigenvalue weighted by atomic mass is 10.3. The third-order valence-electron chi connectivity index (χ3n) is 2.15. The highest BCUT2D eigenvalue weighted by atomic mass is 32.2. The zero-order valence-electron chi connectivity index (χ0n) is 10.5. The number of hydrogen-bond donors (Lipinski definition) is 0. The first kappa shape index (κ1) is 14.9. The first-order valence-corrected chi connectivity index (χ1v) is 7.25. The van der Waals surface area contributed by atoms with Gasteiger partial charge in [0.2, 0.25) is 5.16 Å². The number of rotatable bonds is 7. The largest absolute Gasteiger partial charge is 0.333 e. The molecule has 0 N–H and O–H groups in total. The molecule has 0 radical (unpaired) electrons. The molecular formula is C12H17N3OS2. The van der Waals surface area contributed by atoms with Crippen molar-refractivity contribution >= 4 is 28.5 Å². The van der Waals surface area contributed by atoms with E-state index in [9.17, 15) is 4.79 Å². The molecule has 0 aliphatic carbocycles. The molecule has 0 bridgehead atoms. The molecule has 1 aromatic heterocycles. The molecule has 98 valence electrons. The highest BCUT2D eigenvalue weighted by Crippen LogP contribution is 2.20. The lowest BCUT2D eigenvalue weighted by molar-refractivity contribution is 0.225. The van der Waals surface area contributed by atoms with Crippen molar-refractivity contribution in [3.05, 3.63) is 30.3 Å². The number of thioether (sulfide) groups is 1. The smallest absolute Gasteiger partial charge is 0.289 e. The molecule has 6 heteroatoms. The van der Waals surface area contributed by atoms with Gasteiger partial charge in [0.05, 0.1) is 0 Å². The first-order chi connectivity index (χ1) is 8.67. The van der Waals surface area contributed by atoms with Crippen LogP contribution in [0.3, 0.4) is 0 Å². The van der Waals surface area contributed by atoms with Crippen molar-refractivity contribution in [2.75, 3.05) is 13.1 Å². The topological polar surface area (TPSA) is 46.1 Å². The molecule has 18 heavy (non-hydrogen) atoms. The van der Waals surface area contributed by atoms with Gasteiger partial charge in [-0.1, -0.05) is 12.2 Å². The first-order valence-electron chi connectivity index (χ1n) is 5.66. The van der Waals surface area contributed by atoms with E-state index in [1.165, 1.54) is 11.5 Å². The number of hydrogen-bond acceptors (Lipinski definition) is 5. The van der Waals surface area contributed by atoms with Crippen LogP contribution in [0.15, 0.2) is 30.5 Å². The summed E-state index contributed by atoms with van der Waals surface area (Å²) < 4.78 is 4.10. The average molecular weight is 283 g/mol. The van der Waals surface area contributed by atoms with Crippen LogP contribution in [-0.4, -0.2) is 32.6 Å². The van der Waals surface area contributed by atoms with E-state index >= 15 is 0 Å². The van der Waals surface area contributed by atoms with Crippen molar-refractivity contribution in [2.45, 2.75) is 24.9 Å². The lowest BCUT2D eigenvalue weighted by Gasteiger charge is -2.20. The van der Waals surface area contributed by atoms with Gasteiger partial charge in [0.1, 0.15) is 5.01 Å². The quantitative estimate of drug-likeness (QED) is 0.567. The van der Waals surface area contributed by atoms with Crippen molar-refractivity contribution < 1.29 is 4.79 Å². The van der Waals surface area contributed by atoms with Gasteiger partial charge >= 0.3 is 0 Å². The lowest BCUT2D eigenvalue weighted by Crippen LogP contribution is -2.29. The van der Waals surface area contributed by atoms with Gasteiger partial charge in [-0.3, -0.25) is 4.79 Å². The monoisotopic (exact) mass is 283 g/mol. The van der Waals surface area contributed by atoms with Crippen LogP contribution < -0.4 is 0 Å². The van der Waals surface area contributed by atoms with E-state index in [1.54, 1.807) is 4.90 Å². The molecule has 4 nitrogen and oxygen atoms in total. The summed E-state index contributed by atoms with van der Waals surface area (Å²) in [6, 6.07) is 0. The molecule has 0 atom stereocenters. The van der Waals surface area contributed by atoms with Crippen molar-refractivity contribution in [2.24, 2.45) is 0 Å². The molecule has 0 aliphatic heterocycles. The van der Waals surface area contributed by atoms with Gasteiger partial charge in [-0.2, -0.15) is 4.37 Å². The standard InChI is InChI=1S/C12H17N3OS2/c1-4-6-8-15(9-7-5-2)12(16)17-11-13-10(3)18-14-11/h4-5H,1-2,6-9H2,3H3. The predicted octanol–water partition coefficient (Wildman–Crippen LogP) is 3.51. The summed E-state index contributed by atoms with van der Waals surface area (Å²) in [4.78, 5) is 18.0. The summed E-state index contributed by atoms with van der Waals surface area (Å²) in [5.41, 5.74) is 0. The molecule has 0 fully saturated rings. The normalized spacial score (nSPS) is 10.1. The fourth-order valence-corrected chi connectivity index (χ4v) is 2.60. The summed E-state index contributed by atoms with van der Waals surface area (Å²) in [7, 11) is 0. The van der Waals surface area contributed by atoms with E-state index in [0.717, 1.165) is 29.6 Å². The number of amides is 1. The minimum absolute atomic E-state index is 0.0171. The number of nitrogens with zero attached hydrogens (tertiary/aromatic N) is 3. The number of carbonyl (C=O) groups excluding carboxylic acids is 1. The minimum atomic E-state index is -0.0171. The van der Waals surface area contributed by atoms with Gasteiger partial charge in [0.15, 0.2) is 0 Å². The maximum Gasteiger partial charge on any atom is 0.289 e. The molecule has 1 heterocycles. The summed E-state index contributed by atoms with van der Waals surface area (Å²) in [6.07, 6.45) is 5.19. The Hall–Kier alpha value is -1.14. The Bertz CT molecular complexity index is 405. The van der Waals surface area contributed by atoms with Crippen molar-refractivity contribution in [3.8, 4) is 0 Å². The summed E-state index contributed by atoms with van der Waals surface area (Å²) in [6.45, 7) is 10.6. The predicted molar refractivity (Wildman–Crippen MR) is 77.1 cm³/mol. The Kier molecular flexibility index (Phi) is 6.67. The Morgan fingerprint density at radius 1 is 1.39 bits per heavy atom. The number of carbonyl (C=O) groups is 1. The highest BCUT2D eigenvalue weighted by molar-refractivity contribution is 8.13. The van der Waals surface area contributed by atoms with E-state index in [2.05, 4.69) is 22.5 Å². The van der Waals surface area contributed by atoms with Gasteiger partial charge < -0.3 is 4.90 Å². The molecular weight excluding hydrogens is 266 g/mol. The van der Waals surface area contributed by atoms with Gasteiger partial charge in [-0.25, -0.2) is 4.98 Å². The van der Waals surface area contributed by atoms with Gasteiger partial charge in [0, 0.05) is 24.9 Å². The van der Waals surface area contributed by atoms with Crippen molar-refractivity contribution in [1.82, 2.24) is 14.3 Å². The zero-order valence-corrected chi connectivity index (χ0v) is 12.1. The Morgan fingerprint density at radius 2 is 2.00 bits per heavy atom. The maximum absolute atomic E-state index is 12.1. The Labute approximate surface area is 116 Å². The van der Waals surface area contributed by atoms with Crippen LogP contribution in [0.2, 0.25) is 0 Å². The fourth-order valence-electron chi connectivity index (χ4n) is 1.25. The van der Waals surface area contributed by atoms with E-state index in [0.29, 0.717) is 18.2 Å². The summed E-state index contributed by atoms with van der Waals surface area (Å²) >= 11 is 2.39. The van der Waals surface area contributed by atoms with Gasteiger partial charge in [-0.15, -0.1) is 13.2 Å². The SMILES string of the molecule is C=CCCN(CCC=C)C(=O)Sc1nsc(C)n1. The second kappa shape index (κ2) is 8.05. The van der Waals surface area contributed by atoms with Gasteiger partial charge in [0.25, 0.3) is 5.24 Å². The van der Waals surface area contributed by atoms with Crippen LogP contribution in [0, 0.1) is 6.92 Å². The van der Waals surface area contributed by atoms with Crippen LogP contribution in [0.5, 0.6) is 0 Å². The van der Waals surface area contributed by atoms with Crippen LogP contribution in [-0.2, 0) is 0 Å². The van der Waals surface area contributed by atoms with E-state index in [1.807, 2.05) is 19.1 Å². The second-order valence-corrected chi connectivity index (χ2v) is 5.48. The second-order valence-electron chi connectivity index (χ2n) is 3.61. The molecule has 0 saturated carbocycles. The number of aromatic nitrogens is 2. The fraction of sp³-hybridized carbons (Fsp3) is 0.417. The van der Waals surface area contributed by atoms with Crippen LogP contribution in [0.4, 0.5) is 4.79 Å². The molecule has 0 unspecified atom stereocenters. The average Bonchev–Trinajstić information content (AvgIpc) is 2.75. The van der Waals surface area contributed by atoms with Gasteiger partial charge in [-0.05, 0) is 31.3 Å². The van der Waals surface area contributed by atoms with Crippen molar-refractivity contribution in [3.63, 3.8) is 0 Å². The van der Waals surface area contributed by atoms with Crippen LogP contribution >= 0.6 is 23.3 Å². The van der Waals surface area contributed by atoms with E-state index in [-0.39, 0.29) is 5.24 Å². The Morgan fingerprint density at radius 3 is 2.44 bits per heavy atom. The molecule has 1 rings (SSSR count). The molecule has 1 amide bonds. The molecule has 0 spiro atoms. The highest BCUT2D eigenvalue weighted by Gasteiger charge is 2.16. The van der Waals surface area contributed by atoms with Crippen LogP contribution in [0.1, 0.15) is 17.8 Å². The summed E-state index contributed by atoms with van der Waals surface area (Å²) in [5.74, 6) is 0. The van der Waals surface area contributed by atoms with E-state index in [4.69, 9.17) is 0 Å². The van der Waals surface area contributed by atoms with E-state index < -0.39 is 0 Å². The third-order valence-corrected chi connectivity index (χ3v) is 3.69. The zero-order chi connectivity index (χ0) is 13.4. The maximum atomic E-state index is 12.1.